The summed E-state index contributed by atoms with van der Waals surface area (Å²) in [5.74, 6) is -6.30. The van der Waals surface area contributed by atoms with Crippen molar-refractivity contribution in [2.75, 3.05) is 90.4 Å². The van der Waals surface area contributed by atoms with E-state index >= 15 is 0 Å². The van der Waals surface area contributed by atoms with Gasteiger partial charge < -0.3 is 35.6 Å². The molecule has 1 aromatic carbocycles. The molecule has 2 aliphatic heterocycles. The van der Waals surface area contributed by atoms with Gasteiger partial charge in [0.05, 0.1) is 32.1 Å². The number of nitrogens with zero attached hydrogens (tertiary/aromatic N) is 5. The summed E-state index contributed by atoms with van der Waals surface area (Å²) >= 11 is 0. The number of carbonyl (C=O) groups is 6. The second-order valence-electron chi connectivity index (χ2n) is 14.0. The van der Waals surface area contributed by atoms with Crippen LogP contribution >= 0.6 is 0 Å². The van der Waals surface area contributed by atoms with E-state index in [1.807, 2.05) is 13.8 Å². The molecule has 52 heavy (non-hydrogen) atoms. The molecule has 6 N–H and O–H groups in total. The molecular weight excluding hydrogens is 679 g/mol. The molecule has 0 radical (unpaired) electrons. The van der Waals surface area contributed by atoms with Gasteiger partial charge >= 0.3 is 25.0 Å². The number of anilines is 1. The minimum Gasteiger partial charge on any atom is -0.480 e. The summed E-state index contributed by atoms with van der Waals surface area (Å²) in [4.78, 5) is 83.1. The van der Waals surface area contributed by atoms with Crippen LogP contribution in [0.15, 0.2) is 24.3 Å². The molecule has 0 bridgehead atoms. The number of Topliss-reactive ketones (excluding diaryl/α,β-unsaturated/α-hetero) is 1. The van der Waals surface area contributed by atoms with Crippen molar-refractivity contribution < 1.29 is 54.1 Å². The monoisotopic (exact) mass is 732 g/mol. The number of hydrogen-bond acceptors (Lipinski definition) is 12. The Hall–Kier alpha value is -3.94. The van der Waals surface area contributed by atoms with E-state index < -0.39 is 42.8 Å². The molecule has 2 heterocycles. The molecule has 2 amide bonds. The van der Waals surface area contributed by atoms with Gasteiger partial charge in [-0.25, -0.2) is 0 Å². The number of benzene rings is 1. The highest BCUT2D eigenvalue weighted by molar-refractivity contribution is 6.43. The molecule has 0 spiro atoms. The third-order valence-corrected chi connectivity index (χ3v) is 9.70. The normalized spacial score (nSPS) is 20.0. The molecule has 0 aromatic heterocycles. The predicted octanol–water partition coefficient (Wildman–Crippen LogP) is -0.805. The van der Waals surface area contributed by atoms with Crippen LogP contribution in [0.1, 0.15) is 44.0 Å². The lowest BCUT2D eigenvalue weighted by atomic mass is 9.75. The van der Waals surface area contributed by atoms with Gasteiger partial charge in [-0.2, -0.15) is 0 Å². The second-order valence-corrected chi connectivity index (χ2v) is 14.0. The fraction of sp³-hybridized carbons (Fsp3) is 0.647. The quantitative estimate of drug-likeness (QED) is 0.0957. The average Bonchev–Trinajstić information content (AvgIpc) is 3.56. The molecule has 1 aromatic rings. The maximum atomic E-state index is 13.7. The Morgan fingerprint density at radius 1 is 0.692 bits per heavy atom. The molecule has 2 saturated heterocycles. The smallest absolute Gasteiger partial charge is 0.475 e. The lowest BCUT2D eigenvalue weighted by molar-refractivity contribution is -0.140. The highest BCUT2D eigenvalue weighted by Crippen LogP contribution is 2.30. The lowest BCUT2D eigenvalue weighted by Gasteiger charge is -2.32. The van der Waals surface area contributed by atoms with Crippen LogP contribution in [-0.2, 0) is 24.0 Å². The Bertz CT molecular complexity index is 1370. The molecule has 0 saturated carbocycles. The Morgan fingerprint density at radius 2 is 1.12 bits per heavy atom. The average molecular weight is 733 g/mol. The van der Waals surface area contributed by atoms with E-state index in [1.165, 1.54) is 4.90 Å². The highest BCUT2D eigenvalue weighted by atomic mass is 16.4. The third-order valence-electron chi connectivity index (χ3n) is 9.70. The van der Waals surface area contributed by atoms with Crippen molar-refractivity contribution in [1.82, 2.24) is 24.5 Å². The number of likely N-dealkylation sites (tertiary alicyclic amines) is 1. The van der Waals surface area contributed by atoms with E-state index in [0.29, 0.717) is 30.6 Å². The first-order chi connectivity index (χ1) is 24.5. The van der Waals surface area contributed by atoms with Crippen molar-refractivity contribution in [2.24, 2.45) is 17.8 Å². The van der Waals surface area contributed by atoms with Crippen LogP contribution in [0, 0.1) is 17.8 Å². The molecule has 3 atom stereocenters. The Kier molecular flexibility index (Phi) is 16.6. The first-order valence-electron chi connectivity index (χ1n) is 17.7. The Balaban J connectivity index is 1.68. The molecule has 18 heteroatoms. The molecular formula is C34H53BN6O11. The van der Waals surface area contributed by atoms with E-state index in [0.717, 1.165) is 0 Å². The third kappa shape index (κ3) is 13.2. The topological polar surface area (TPSA) is 232 Å². The van der Waals surface area contributed by atoms with Crippen LogP contribution in [0.4, 0.5) is 5.69 Å². The van der Waals surface area contributed by atoms with Crippen LogP contribution in [0.5, 0.6) is 0 Å². The molecule has 2 aliphatic rings. The van der Waals surface area contributed by atoms with Gasteiger partial charge in [-0.05, 0) is 43.0 Å². The summed E-state index contributed by atoms with van der Waals surface area (Å²) in [5.41, 5.74) is 0.787. The van der Waals surface area contributed by atoms with E-state index in [9.17, 15) is 54.1 Å². The van der Waals surface area contributed by atoms with E-state index in [1.54, 1.807) is 50.8 Å². The van der Waals surface area contributed by atoms with Gasteiger partial charge in [0.1, 0.15) is 0 Å². The Labute approximate surface area is 304 Å². The van der Waals surface area contributed by atoms with Crippen molar-refractivity contribution in [1.29, 1.82) is 0 Å². The van der Waals surface area contributed by atoms with Gasteiger partial charge in [-0.15, -0.1) is 0 Å². The summed E-state index contributed by atoms with van der Waals surface area (Å²) in [5, 5.41) is 50.5. The number of hydrogen-bond donors (Lipinski definition) is 6. The fourth-order valence-electron chi connectivity index (χ4n) is 7.00. The van der Waals surface area contributed by atoms with Crippen LogP contribution in [0.25, 0.3) is 0 Å². The fourth-order valence-corrected chi connectivity index (χ4v) is 7.00. The number of carboxylic acids is 3. The summed E-state index contributed by atoms with van der Waals surface area (Å²) in [7, 11) is -1.65. The Morgan fingerprint density at radius 3 is 1.50 bits per heavy atom. The van der Waals surface area contributed by atoms with Crippen molar-refractivity contribution in [2.45, 2.75) is 39.6 Å². The van der Waals surface area contributed by atoms with Crippen molar-refractivity contribution >= 4 is 48.3 Å². The molecule has 1 unspecified atom stereocenters. The van der Waals surface area contributed by atoms with Crippen LogP contribution in [-0.4, -0.2) is 184 Å². The zero-order valence-electron chi connectivity index (χ0n) is 30.2. The number of aliphatic carboxylic acids is 3. The molecule has 0 aliphatic carbocycles. The number of rotatable bonds is 15. The number of carboxylic acid groups (broad SMARTS) is 3. The van der Waals surface area contributed by atoms with E-state index in [2.05, 4.69) is 5.32 Å². The van der Waals surface area contributed by atoms with Crippen molar-refractivity contribution in [3.63, 3.8) is 0 Å². The number of amides is 2. The number of carbonyl (C=O) groups excluding carboxylic acids is 3. The number of ketones is 1. The van der Waals surface area contributed by atoms with E-state index in [4.69, 9.17) is 0 Å². The van der Waals surface area contributed by atoms with Gasteiger partial charge in [0.15, 0.2) is 5.78 Å². The van der Waals surface area contributed by atoms with Gasteiger partial charge in [0, 0.05) is 82.0 Å². The molecule has 288 valence electrons. The van der Waals surface area contributed by atoms with Gasteiger partial charge in [0.2, 0.25) is 11.8 Å². The summed E-state index contributed by atoms with van der Waals surface area (Å²) in [6.45, 7) is 7.08. The first kappa shape index (κ1) is 42.5. The maximum Gasteiger partial charge on any atom is 0.475 e. The minimum atomic E-state index is -1.65. The molecule has 2 fully saturated rings. The minimum absolute atomic E-state index is 0.0806. The first-order valence-corrected chi connectivity index (χ1v) is 17.7. The lowest BCUT2D eigenvalue weighted by Crippen LogP contribution is -2.49. The van der Waals surface area contributed by atoms with Crippen molar-refractivity contribution in [3.05, 3.63) is 29.8 Å². The second kappa shape index (κ2) is 20.3. The standard InChI is InChI=1S/C34H53BN6O11/c1-23(2)32(24(3)34(50)41-10-4-5-27(41)35(51)52)33(49)25-6-8-26(9-7-25)36-28(42)19-37-11-13-38(20-29(43)44)15-17-40(22-31(47)48)18-16-39(14-12-37)21-30(45)46/h6-9,23-24,27,32,51-52H,4-5,10-22H2,1-3H3,(H,36,42)(H,43,44)(H,45,46)(H,47,48)/t24-,27-,32?/m0/s1. The van der Waals surface area contributed by atoms with E-state index in [-0.39, 0.29) is 102 Å². The zero-order valence-corrected chi connectivity index (χ0v) is 30.2. The van der Waals surface area contributed by atoms with Crippen LogP contribution in [0.2, 0.25) is 0 Å². The molecule has 17 nitrogen and oxygen atoms in total. The van der Waals surface area contributed by atoms with Gasteiger partial charge in [0.25, 0.3) is 0 Å². The highest BCUT2D eigenvalue weighted by Gasteiger charge is 2.42. The van der Waals surface area contributed by atoms with Crippen LogP contribution < -0.4 is 5.32 Å². The summed E-state index contributed by atoms with van der Waals surface area (Å²) in [6, 6.07) is 6.35. The van der Waals surface area contributed by atoms with Crippen LogP contribution in [0.3, 0.4) is 0 Å². The summed E-state index contributed by atoms with van der Waals surface area (Å²) in [6.07, 6.45) is 1.12. The van der Waals surface area contributed by atoms with Gasteiger partial charge in [-0.1, -0.05) is 20.8 Å². The van der Waals surface area contributed by atoms with Gasteiger partial charge in [-0.3, -0.25) is 48.4 Å². The maximum absolute atomic E-state index is 13.7. The summed E-state index contributed by atoms with van der Waals surface area (Å²) < 4.78 is 0. The molecule has 3 rings (SSSR count). The largest absolute Gasteiger partial charge is 0.480 e. The predicted molar refractivity (Wildman–Crippen MR) is 190 cm³/mol. The SMILES string of the molecule is CC(C)C(C(=O)c1ccc(NC(=O)CN2CCN(CC(=O)O)CCN(CC(=O)O)CCN(CC(=O)O)CC2)cc1)[C@H](C)C(=O)N1CCC[C@H]1B(O)O. The number of nitrogens with one attached hydrogen (secondary N) is 1. The van der Waals surface area contributed by atoms with Crippen molar-refractivity contribution in [3.8, 4) is 0 Å². The zero-order chi connectivity index (χ0) is 38.5.